The van der Waals surface area contributed by atoms with Gasteiger partial charge in [0.05, 0.1) is 18.4 Å². The van der Waals surface area contributed by atoms with Gasteiger partial charge in [0.2, 0.25) is 0 Å². The number of benzene rings is 3. The first kappa shape index (κ1) is 20.4. The first-order chi connectivity index (χ1) is 15.1. The van der Waals surface area contributed by atoms with Gasteiger partial charge >= 0.3 is 5.97 Å². The summed E-state index contributed by atoms with van der Waals surface area (Å²) in [5.41, 5.74) is 6.44. The predicted octanol–water partition coefficient (Wildman–Crippen LogP) is 5.91. The molecule has 1 heterocycles. The fourth-order valence-electron chi connectivity index (χ4n) is 3.57. The molecule has 4 heteroatoms. The summed E-state index contributed by atoms with van der Waals surface area (Å²) in [4.78, 5) is 16.0. The fraction of sp³-hybridized carbons (Fsp3) is 0.111. The number of nitrogens with zero attached hydrogens (tertiary/aromatic N) is 1. The molecule has 3 aromatic carbocycles. The molecule has 0 unspecified atom stereocenters. The van der Waals surface area contributed by atoms with Crippen LogP contribution in [-0.2, 0) is 12.8 Å². The van der Waals surface area contributed by atoms with Crippen LogP contribution < -0.4 is 4.74 Å². The number of hydrogen-bond acceptors (Lipinski definition) is 3. The van der Waals surface area contributed by atoms with Gasteiger partial charge in [0, 0.05) is 17.3 Å². The number of hydrogen-bond donors (Lipinski definition) is 1. The van der Waals surface area contributed by atoms with Crippen molar-refractivity contribution in [3.63, 3.8) is 0 Å². The molecule has 1 N–H and O–H groups in total. The highest BCUT2D eigenvalue weighted by Gasteiger charge is 2.12. The number of carboxylic acid groups (broad SMARTS) is 1. The summed E-state index contributed by atoms with van der Waals surface area (Å²) < 4.78 is 5.27. The smallest absolute Gasteiger partial charge is 0.335 e. The van der Waals surface area contributed by atoms with Gasteiger partial charge in [-0.05, 0) is 72.0 Å². The van der Waals surface area contributed by atoms with Crippen LogP contribution in [0.5, 0.6) is 5.75 Å². The molecular formula is C27H23NO3. The Morgan fingerprint density at radius 2 is 1.48 bits per heavy atom. The van der Waals surface area contributed by atoms with E-state index in [1.54, 1.807) is 19.2 Å². The highest BCUT2D eigenvalue weighted by molar-refractivity contribution is 5.89. The minimum Gasteiger partial charge on any atom is -0.497 e. The van der Waals surface area contributed by atoms with E-state index in [-0.39, 0.29) is 5.56 Å². The van der Waals surface area contributed by atoms with Gasteiger partial charge in [0.25, 0.3) is 0 Å². The van der Waals surface area contributed by atoms with Crippen molar-refractivity contribution >= 4 is 5.97 Å². The van der Waals surface area contributed by atoms with E-state index in [4.69, 9.17) is 9.72 Å². The Hall–Kier alpha value is -3.92. The highest BCUT2D eigenvalue weighted by Crippen LogP contribution is 2.32. The van der Waals surface area contributed by atoms with E-state index in [0.29, 0.717) is 0 Å². The molecule has 0 amide bonds. The van der Waals surface area contributed by atoms with Crippen LogP contribution in [0.1, 0.15) is 21.5 Å². The fourth-order valence-corrected chi connectivity index (χ4v) is 3.57. The zero-order chi connectivity index (χ0) is 21.6. The van der Waals surface area contributed by atoms with E-state index in [9.17, 15) is 9.90 Å². The monoisotopic (exact) mass is 409 g/mol. The van der Waals surface area contributed by atoms with Crippen LogP contribution in [0.2, 0.25) is 0 Å². The van der Waals surface area contributed by atoms with E-state index in [1.165, 1.54) is 5.56 Å². The maximum absolute atomic E-state index is 11.2. The van der Waals surface area contributed by atoms with Crippen LogP contribution in [0.4, 0.5) is 0 Å². The van der Waals surface area contributed by atoms with E-state index < -0.39 is 5.97 Å². The van der Waals surface area contributed by atoms with Gasteiger partial charge < -0.3 is 9.84 Å². The molecule has 4 rings (SSSR count). The Labute approximate surface area is 181 Å². The molecule has 4 aromatic rings. The second kappa shape index (κ2) is 9.26. The Kier molecular flexibility index (Phi) is 6.08. The summed E-state index contributed by atoms with van der Waals surface area (Å²) >= 11 is 0. The second-order valence-corrected chi connectivity index (χ2v) is 7.34. The number of carboxylic acids is 1. The summed E-state index contributed by atoms with van der Waals surface area (Å²) in [5, 5.41) is 9.23. The third-order valence-corrected chi connectivity index (χ3v) is 5.30. The first-order valence-corrected chi connectivity index (χ1v) is 10.1. The van der Waals surface area contributed by atoms with Crippen LogP contribution in [0, 0.1) is 0 Å². The predicted molar refractivity (Wildman–Crippen MR) is 122 cm³/mol. The number of aryl methyl sites for hydroxylation is 2. The van der Waals surface area contributed by atoms with E-state index >= 15 is 0 Å². The second-order valence-electron chi connectivity index (χ2n) is 7.34. The SMILES string of the molecule is COc1ccc(-c2ncc(CCc3ccccc3)cc2-c2ccc(C(=O)O)cc2)cc1. The molecular weight excluding hydrogens is 386 g/mol. The molecule has 154 valence electrons. The van der Waals surface area contributed by atoms with Gasteiger partial charge in [-0.1, -0.05) is 42.5 Å². The van der Waals surface area contributed by atoms with Crippen molar-refractivity contribution in [2.75, 3.05) is 7.11 Å². The van der Waals surface area contributed by atoms with Crippen LogP contribution in [0.3, 0.4) is 0 Å². The normalized spacial score (nSPS) is 10.6. The van der Waals surface area contributed by atoms with Gasteiger partial charge in [-0.3, -0.25) is 4.98 Å². The number of rotatable bonds is 7. The van der Waals surface area contributed by atoms with Crippen LogP contribution >= 0.6 is 0 Å². The third kappa shape index (κ3) is 4.81. The van der Waals surface area contributed by atoms with E-state index in [1.807, 2.05) is 48.7 Å². The maximum atomic E-state index is 11.2. The number of methoxy groups -OCH3 is 1. The van der Waals surface area contributed by atoms with Gasteiger partial charge in [0.15, 0.2) is 0 Å². The number of carbonyl (C=O) groups is 1. The summed E-state index contributed by atoms with van der Waals surface area (Å²) in [5.74, 6) is -0.146. The minimum absolute atomic E-state index is 0.267. The lowest BCUT2D eigenvalue weighted by Gasteiger charge is -2.13. The standard InChI is InChI=1S/C27H23NO3/c1-31-24-15-13-22(14-16-24)26-25(21-9-11-23(12-10-21)27(29)30)17-20(18-28-26)8-7-19-5-3-2-4-6-19/h2-6,9-18H,7-8H2,1H3,(H,29,30). The largest absolute Gasteiger partial charge is 0.497 e. The molecule has 0 aliphatic carbocycles. The lowest BCUT2D eigenvalue weighted by Crippen LogP contribution is -1.98. The van der Waals surface area contributed by atoms with Gasteiger partial charge in [0.1, 0.15) is 5.75 Å². The molecule has 0 saturated carbocycles. The Morgan fingerprint density at radius 3 is 2.13 bits per heavy atom. The summed E-state index contributed by atoms with van der Waals surface area (Å²) in [7, 11) is 1.64. The molecule has 0 aliphatic rings. The molecule has 0 fully saturated rings. The Morgan fingerprint density at radius 1 is 0.839 bits per heavy atom. The maximum Gasteiger partial charge on any atom is 0.335 e. The Balaban J connectivity index is 1.71. The van der Waals surface area contributed by atoms with Crippen LogP contribution in [0.25, 0.3) is 22.4 Å². The molecule has 4 nitrogen and oxygen atoms in total. The number of ether oxygens (including phenoxy) is 1. The van der Waals surface area contributed by atoms with Gasteiger partial charge in [-0.2, -0.15) is 0 Å². The van der Waals surface area contributed by atoms with Gasteiger partial charge in [-0.25, -0.2) is 4.79 Å². The van der Waals surface area contributed by atoms with Crippen molar-refractivity contribution in [2.45, 2.75) is 12.8 Å². The number of aromatic carboxylic acids is 1. The number of aromatic nitrogens is 1. The minimum atomic E-state index is -0.934. The van der Waals surface area contributed by atoms with Crippen molar-refractivity contribution < 1.29 is 14.6 Å². The summed E-state index contributed by atoms with van der Waals surface area (Å²) in [6, 6.07) is 27.3. The highest BCUT2D eigenvalue weighted by atomic mass is 16.5. The molecule has 0 spiro atoms. The molecule has 1 aromatic heterocycles. The molecule has 31 heavy (non-hydrogen) atoms. The molecule has 0 aliphatic heterocycles. The topological polar surface area (TPSA) is 59.4 Å². The summed E-state index contributed by atoms with van der Waals surface area (Å²) in [6.45, 7) is 0. The van der Waals surface area contributed by atoms with Crippen LogP contribution in [0.15, 0.2) is 91.1 Å². The summed E-state index contributed by atoms with van der Waals surface area (Å²) in [6.07, 6.45) is 3.74. The van der Waals surface area contributed by atoms with E-state index in [2.05, 4.69) is 30.3 Å². The molecule has 0 saturated heterocycles. The van der Waals surface area contributed by atoms with Crippen molar-refractivity contribution in [3.05, 3.63) is 108 Å². The molecule has 0 bridgehead atoms. The quantitative estimate of drug-likeness (QED) is 0.412. The Bertz CT molecular complexity index is 1170. The zero-order valence-corrected chi connectivity index (χ0v) is 17.3. The lowest BCUT2D eigenvalue weighted by atomic mass is 9.95. The molecule has 0 radical (unpaired) electrons. The van der Waals surface area contributed by atoms with Crippen molar-refractivity contribution in [1.29, 1.82) is 0 Å². The average Bonchev–Trinajstić information content (AvgIpc) is 2.83. The zero-order valence-electron chi connectivity index (χ0n) is 17.3. The van der Waals surface area contributed by atoms with Gasteiger partial charge in [-0.15, -0.1) is 0 Å². The lowest BCUT2D eigenvalue weighted by molar-refractivity contribution is 0.0697. The number of pyridine rings is 1. The van der Waals surface area contributed by atoms with Crippen LogP contribution in [-0.4, -0.2) is 23.2 Å². The first-order valence-electron chi connectivity index (χ1n) is 10.1. The molecule has 0 atom stereocenters. The third-order valence-electron chi connectivity index (χ3n) is 5.30. The van der Waals surface area contributed by atoms with Crippen molar-refractivity contribution in [1.82, 2.24) is 4.98 Å². The van der Waals surface area contributed by atoms with Crippen molar-refractivity contribution in [2.24, 2.45) is 0 Å². The van der Waals surface area contributed by atoms with Crippen molar-refractivity contribution in [3.8, 4) is 28.1 Å². The van der Waals surface area contributed by atoms with E-state index in [0.717, 1.165) is 46.5 Å². The average molecular weight is 409 g/mol.